The van der Waals surface area contributed by atoms with Gasteiger partial charge in [-0.1, -0.05) is 24.9 Å². The fourth-order valence-electron chi connectivity index (χ4n) is 3.69. The molecule has 1 aromatic carbocycles. The third-order valence-corrected chi connectivity index (χ3v) is 5.51. The summed E-state index contributed by atoms with van der Waals surface area (Å²) in [6.07, 6.45) is 5.10. The number of carbonyl (C=O) groups excluding carboxylic acids is 1. The number of unbranched alkanes of at least 4 members (excludes halogenated alkanes) is 2. The largest absolute Gasteiger partial charge is 0.493 e. The number of nitrogens with zero attached hydrogens (tertiary/aromatic N) is 3. The van der Waals surface area contributed by atoms with Gasteiger partial charge in [0, 0.05) is 18.0 Å². The van der Waals surface area contributed by atoms with Crippen molar-refractivity contribution >= 4 is 5.91 Å². The van der Waals surface area contributed by atoms with Crippen LogP contribution in [-0.4, -0.2) is 54.8 Å². The van der Waals surface area contributed by atoms with Crippen LogP contribution in [0.5, 0.6) is 11.5 Å². The van der Waals surface area contributed by atoms with Crippen molar-refractivity contribution < 1.29 is 18.8 Å². The summed E-state index contributed by atoms with van der Waals surface area (Å²) in [5, 5.41) is 7.17. The summed E-state index contributed by atoms with van der Waals surface area (Å²) in [6.45, 7) is 5.24. The van der Waals surface area contributed by atoms with E-state index in [2.05, 4.69) is 27.3 Å². The number of aromatic nitrogens is 2. The molecule has 0 saturated carbocycles. The molecule has 1 aliphatic rings. The lowest BCUT2D eigenvalue weighted by Crippen LogP contribution is -2.40. The Kier molecular flexibility index (Phi) is 8.07. The zero-order valence-corrected chi connectivity index (χ0v) is 18.1. The van der Waals surface area contributed by atoms with Crippen molar-refractivity contribution in [3.8, 4) is 22.9 Å². The molecule has 8 heteroatoms. The Labute approximate surface area is 177 Å². The number of likely N-dealkylation sites (tertiary alicyclic amines) is 1. The van der Waals surface area contributed by atoms with E-state index >= 15 is 0 Å². The summed E-state index contributed by atoms with van der Waals surface area (Å²) >= 11 is 0. The molecule has 0 atom stereocenters. The normalized spacial score (nSPS) is 15.2. The first-order valence-electron chi connectivity index (χ1n) is 10.7. The Morgan fingerprint density at radius 1 is 1.20 bits per heavy atom. The summed E-state index contributed by atoms with van der Waals surface area (Å²) in [5.74, 6) is 2.67. The summed E-state index contributed by atoms with van der Waals surface area (Å²) in [5.41, 5.74) is 0.807. The van der Waals surface area contributed by atoms with E-state index in [-0.39, 0.29) is 11.8 Å². The molecule has 30 heavy (non-hydrogen) atoms. The Morgan fingerprint density at radius 3 is 2.67 bits per heavy atom. The summed E-state index contributed by atoms with van der Waals surface area (Å²) < 4.78 is 16.1. The van der Waals surface area contributed by atoms with Gasteiger partial charge >= 0.3 is 0 Å². The molecule has 1 saturated heterocycles. The third kappa shape index (κ3) is 5.72. The van der Waals surface area contributed by atoms with Crippen LogP contribution >= 0.6 is 0 Å². The lowest BCUT2D eigenvalue weighted by atomic mass is 9.96. The second kappa shape index (κ2) is 11.0. The van der Waals surface area contributed by atoms with E-state index in [0.717, 1.165) is 57.3 Å². The van der Waals surface area contributed by atoms with Crippen LogP contribution in [0.2, 0.25) is 0 Å². The van der Waals surface area contributed by atoms with Gasteiger partial charge in [-0.15, -0.1) is 0 Å². The van der Waals surface area contributed by atoms with Crippen molar-refractivity contribution in [2.24, 2.45) is 5.92 Å². The van der Waals surface area contributed by atoms with Crippen LogP contribution in [0.1, 0.15) is 44.9 Å². The highest BCUT2D eigenvalue weighted by atomic mass is 16.5. The molecule has 1 fully saturated rings. The smallest absolute Gasteiger partial charge is 0.241 e. The van der Waals surface area contributed by atoms with Gasteiger partial charge < -0.3 is 19.3 Å². The average Bonchev–Trinajstić information content (AvgIpc) is 3.25. The van der Waals surface area contributed by atoms with Gasteiger partial charge in [0.25, 0.3) is 0 Å². The number of rotatable bonds is 10. The van der Waals surface area contributed by atoms with Crippen molar-refractivity contribution in [3.05, 3.63) is 24.1 Å². The second-order valence-electron chi connectivity index (χ2n) is 7.63. The number of amides is 1. The van der Waals surface area contributed by atoms with Crippen molar-refractivity contribution in [2.45, 2.75) is 45.6 Å². The SMILES string of the molecule is CCCCCNC(=O)C1CCN(Cc2nc(-c3ccc(OC)c(OC)c3)no2)CC1. The molecule has 0 bridgehead atoms. The van der Waals surface area contributed by atoms with Gasteiger partial charge in [-0.2, -0.15) is 4.98 Å². The number of ether oxygens (including phenoxy) is 2. The van der Waals surface area contributed by atoms with Crippen LogP contribution in [0.3, 0.4) is 0 Å². The number of nitrogens with one attached hydrogen (secondary N) is 1. The zero-order valence-electron chi connectivity index (χ0n) is 18.1. The van der Waals surface area contributed by atoms with Gasteiger partial charge in [-0.25, -0.2) is 0 Å². The van der Waals surface area contributed by atoms with Gasteiger partial charge in [0.15, 0.2) is 11.5 Å². The van der Waals surface area contributed by atoms with Gasteiger partial charge in [-0.05, 0) is 50.6 Å². The van der Waals surface area contributed by atoms with E-state index < -0.39 is 0 Å². The lowest BCUT2D eigenvalue weighted by molar-refractivity contribution is -0.126. The number of benzene rings is 1. The van der Waals surface area contributed by atoms with E-state index in [9.17, 15) is 4.79 Å². The van der Waals surface area contributed by atoms with E-state index in [1.807, 2.05) is 18.2 Å². The highest BCUT2D eigenvalue weighted by Crippen LogP contribution is 2.31. The molecule has 0 aliphatic carbocycles. The molecule has 164 valence electrons. The number of carbonyl (C=O) groups is 1. The molecule has 8 nitrogen and oxygen atoms in total. The molecule has 3 rings (SSSR count). The molecule has 1 N–H and O–H groups in total. The van der Waals surface area contributed by atoms with E-state index in [1.54, 1.807) is 14.2 Å². The zero-order chi connectivity index (χ0) is 21.3. The van der Waals surface area contributed by atoms with Crippen molar-refractivity contribution in [1.29, 1.82) is 0 Å². The minimum atomic E-state index is 0.105. The summed E-state index contributed by atoms with van der Waals surface area (Å²) in [7, 11) is 3.20. The van der Waals surface area contributed by atoms with E-state index in [1.165, 1.54) is 0 Å². The van der Waals surface area contributed by atoms with Gasteiger partial charge in [0.1, 0.15) is 0 Å². The highest BCUT2D eigenvalue weighted by Gasteiger charge is 2.25. The highest BCUT2D eigenvalue weighted by molar-refractivity contribution is 5.78. The summed E-state index contributed by atoms with van der Waals surface area (Å²) in [6, 6.07) is 5.53. The Balaban J connectivity index is 1.50. The quantitative estimate of drug-likeness (QED) is 0.595. The molecule has 0 spiro atoms. The molecule has 1 aromatic heterocycles. The predicted octanol–water partition coefficient (Wildman–Crippen LogP) is 3.27. The van der Waals surface area contributed by atoms with Crippen LogP contribution in [-0.2, 0) is 11.3 Å². The predicted molar refractivity (Wildman–Crippen MR) is 113 cm³/mol. The first-order chi connectivity index (χ1) is 14.6. The molecular weight excluding hydrogens is 384 g/mol. The maximum Gasteiger partial charge on any atom is 0.241 e. The number of piperidine rings is 1. The third-order valence-electron chi connectivity index (χ3n) is 5.51. The molecule has 0 unspecified atom stereocenters. The second-order valence-corrected chi connectivity index (χ2v) is 7.63. The number of hydrogen-bond donors (Lipinski definition) is 1. The van der Waals surface area contributed by atoms with Crippen LogP contribution in [0.15, 0.2) is 22.7 Å². The van der Waals surface area contributed by atoms with E-state index in [0.29, 0.717) is 29.8 Å². The number of hydrogen-bond acceptors (Lipinski definition) is 7. The average molecular weight is 417 g/mol. The van der Waals surface area contributed by atoms with Crippen LogP contribution in [0, 0.1) is 5.92 Å². The molecule has 1 aliphatic heterocycles. The Hall–Kier alpha value is -2.61. The monoisotopic (exact) mass is 416 g/mol. The Bertz CT molecular complexity index is 815. The van der Waals surface area contributed by atoms with Gasteiger partial charge in [0.05, 0.1) is 20.8 Å². The van der Waals surface area contributed by atoms with Crippen molar-refractivity contribution in [2.75, 3.05) is 33.9 Å². The minimum absolute atomic E-state index is 0.105. The molecule has 2 heterocycles. The van der Waals surface area contributed by atoms with Crippen molar-refractivity contribution in [1.82, 2.24) is 20.4 Å². The standard InChI is InChI=1S/C22H32N4O4/c1-4-5-6-11-23-22(27)16-9-12-26(13-10-16)15-20-24-21(25-30-20)17-7-8-18(28-2)19(14-17)29-3/h7-8,14,16H,4-6,9-13,15H2,1-3H3,(H,23,27). The number of methoxy groups -OCH3 is 2. The topological polar surface area (TPSA) is 89.7 Å². The van der Waals surface area contributed by atoms with Crippen molar-refractivity contribution in [3.63, 3.8) is 0 Å². The molecular formula is C22H32N4O4. The van der Waals surface area contributed by atoms with Crippen LogP contribution < -0.4 is 14.8 Å². The first kappa shape index (κ1) is 22.1. The fraction of sp³-hybridized carbons (Fsp3) is 0.591. The first-order valence-corrected chi connectivity index (χ1v) is 10.7. The maximum absolute atomic E-state index is 12.3. The lowest BCUT2D eigenvalue weighted by Gasteiger charge is -2.30. The maximum atomic E-state index is 12.3. The van der Waals surface area contributed by atoms with Crippen LogP contribution in [0.4, 0.5) is 0 Å². The molecule has 0 radical (unpaired) electrons. The Morgan fingerprint density at radius 2 is 1.97 bits per heavy atom. The molecule has 2 aromatic rings. The van der Waals surface area contributed by atoms with Gasteiger partial charge in [-0.3, -0.25) is 9.69 Å². The van der Waals surface area contributed by atoms with Gasteiger partial charge in [0.2, 0.25) is 17.6 Å². The fourth-order valence-corrected chi connectivity index (χ4v) is 3.69. The molecule has 1 amide bonds. The minimum Gasteiger partial charge on any atom is -0.493 e. The summed E-state index contributed by atoms with van der Waals surface area (Å²) in [4.78, 5) is 19.1. The van der Waals surface area contributed by atoms with E-state index in [4.69, 9.17) is 14.0 Å². The van der Waals surface area contributed by atoms with Crippen LogP contribution in [0.25, 0.3) is 11.4 Å².